The molecule has 1 aromatic rings. The fraction of sp³-hybridized carbons (Fsp3) is 0.462. The van der Waals surface area contributed by atoms with E-state index in [1.54, 1.807) is 0 Å². The van der Waals surface area contributed by atoms with E-state index < -0.39 is 6.09 Å². The van der Waals surface area contributed by atoms with Crippen molar-refractivity contribution in [1.82, 2.24) is 10.6 Å². The summed E-state index contributed by atoms with van der Waals surface area (Å²) >= 11 is 0. The van der Waals surface area contributed by atoms with Gasteiger partial charge in [-0.25, -0.2) is 4.79 Å². The largest absolute Gasteiger partial charge is 0.465 e. The zero-order valence-corrected chi connectivity index (χ0v) is 9.78. The van der Waals surface area contributed by atoms with Gasteiger partial charge < -0.3 is 15.7 Å². The molecule has 0 saturated carbocycles. The van der Waals surface area contributed by atoms with Gasteiger partial charge in [-0.15, -0.1) is 0 Å². The quantitative estimate of drug-likeness (QED) is 0.744. The molecule has 0 atom stereocenters. The third-order valence-electron chi connectivity index (χ3n) is 3.52. The third-order valence-corrected chi connectivity index (χ3v) is 3.52. The molecule has 1 amide bonds. The molecule has 1 aliphatic rings. The molecule has 1 aromatic carbocycles. The molecule has 1 saturated heterocycles. The lowest BCUT2D eigenvalue weighted by atomic mass is 9.73. The molecule has 1 aliphatic heterocycles. The predicted octanol–water partition coefficient (Wildman–Crippen LogP) is 1.58. The van der Waals surface area contributed by atoms with Crippen LogP contribution in [0.3, 0.4) is 0 Å². The molecule has 0 unspecified atom stereocenters. The second kappa shape index (κ2) is 5.19. The summed E-state index contributed by atoms with van der Waals surface area (Å²) < 4.78 is 0. The summed E-state index contributed by atoms with van der Waals surface area (Å²) in [5, 5.41) is 14.6. The second-order valence-corrected chi connectivity index (χ2v) is 4.56. The third kappa shape index (κ3) is 2.77. The Morgan fingerprint density at radius 2 is 1.94 bits per heavy atom. The highest BCUT2D eigenvalue weighted by atomic mass is 16.4. The van der Waals surface area contributed by atoms with Gasteiger partial charge in [0.15, 0.2) is 0 Å². The highest BCUT2D eigenvalue weighted by Gasteiger charge is 2.33. The molecular formula is C13H18N2O2. The van der Waals surface area contributed by atoms with Crippen molar-refractivity contribution < 1.29 is 9.90 Å². The van der Waals surface area contributed by atoms with Crippen LogP contribution in [0.4, 0.5) is 4.79 Å². The first-order valence-electron chi connectivity index (χ1n) is 5.96. The van der Waals surface area contributed by atoms with Crippen molar-refractivity contribution in [3.63, 3.8) is 0 Å². The molecule has 4 heteroatoms. The van der Waals surface area contributed by atoms with Crippen molar-refractivity contribution >= 4 is 6.09 Å². The lowest BCUT2D eigenvalue weighted by Crippen LogP contribution is -2.47. The van der Waals surface area contributed by atoms with Crippen LogP contribution in [0.15, 0.2) is 30.3 Å². The van der Waals surface area contributed by atoms with E-state index in [1.807, 2.05) is 18.2 Å². The molecule has 1 fully saturated rings. The van der Waals surface area contributed by atoms with E-state index in [-0.39, 0.29) is 5.41 Å². The molecule has 0 aliphatic carbocycles. The Morgan fingerprint density at radius 3 is 2.53 bits per heavy atom. The number of hydrogen-bond acceptors (Lipinski definition) is 2. The maximum absolute atomic E-state index is 10.7. The van der Waals surface area contributed by atoms with Gasteiger partial charge in [0, 0.05) is 12.0 Å². The van der Waals surface area contributed by atoms with Crippen molar-refractivity contribution in [3.05, 3.63) is 35.9 Å². The van der Waals surface area contributed by atoms with Crippen LogP contribution in [0.25, 0.3) is 0 Å². The van der Waals surface area contributed by atoms with Crippen LogP contribution < -0.4 is 10.6 Å². The molecule has 0 radical (unpaired) electrons. The summed E-state index contributed by atoms with van der Waals surface area (Å²) in [6.45, 7) is 2.38. The second-order valence-electron chi connectivity index (χ2n) is 4.56. The van der Waals surface area contributed by atoms with Crippen LogP contribution >= 0.6 is 0 Å². The Morgan fingerprint density at radius 1 is 1.29 bits per heavy atom. The molecule has 1 heterocycles. The molecule has 0 aromatic heterocycles. The first kappa shape index (κ1) is 11.9. The van der Waals surface area contributed by atoms with Gasteiger partial charge in [0.25, 0.3) is 0 Å². The van der Waals surface area contributed by atoms with E-state index in [4.69, 9.17) is 5.11 Å². The molecule has 4 nitrogen and oxygen atoms in total. The average molecular weight is 234 g/mol. The van der Waals surface area contributed by atoms with Crippen molar-refractivity contribution in [2.75, 3.05) is 19.6 Å². The first-order valence-corrected chi connectivity index (χ1v) is 5.96. The Kier molecular flexibility index (Phi) is 3.64. The Hall–Kier alpha value is -1.55. The van der Waals surface area contributed by atoms with Crippen molar-refractivity contribution in [2.45, 2.75) is 18.3 Å². The normalized spacial score (nSPS) is 18.6. The van der Waals surface area contributed by atoms with Gasteiger partial charge in [0.05, 0.1) is 0 Å². The maximum atomic E-state index is 10.7. The summed E-state index contributed by atoms with van der Waals surface area (Å²) in [4.78, 5) is 10.7. The number of nitrogens with one attached hydrogen (secondary N) is 2. The fourth-order valence-electron chi connectivity index (χ4n) is 2.51. The lowest BCUT2D eigenvalue weighted by Gasteiger charge is -2.38. The van der Waals surface area contributed by atoms with Gasteiger partial charge in [-0.1, -0.05) is 30.3 Å². The summed E-state index contributed by atoms with van der Waals surface area (Å²) in [6, 6.07) is 10.2. The number of carboxylic acid groups (broad SMARTS) is 1. The van der Waals surface area contributed by atoms with E-state index >= 15 is 0 Å². The number of rotatable bonds is 3. The van der Waals surface area contributed by atoms with Gasteiger partial charge >= 0.3 is 6.09 Å². The molecule has 92 valence electrons. The van der Waals surface area contributed by atoms with Crippen molar-refractivity contribution in [2.24, 2.45) is 0 Å². The number of amides is 1. The van der Waals surface area contributed by atoms with E-state index in [0.717, 1.165) is 25.9 Å². The summed E-state index contributed by atoms with van der Waals surface area (Å²) in [6.07, 6.45) is 0.994. The van der Waals surface area contributed by atoms with E-state index in [9.17, 15) is 4.79 Å². The highest BCUT2D eigenvalue weighted by Crippen LogP contribution is 2.32. The molecule has 2 rings (SSSR count). The molecule has 0 bridgehead atoms. The number of hydrogen-bond donors (Lipinski definition) is 3. The monoisotopic (exact) mass is 234 g/mol. The number of carbonyl (C=O) groups is 1. The van der Waals surface area contributed by atoms with Gasteiger partial charge in [-0.2, -0.15) is 0 Å². The molecule has 0 spiro atoms. The predicted molar refractivity (Wildman–Crippen MR) is 66.3 cm³/mol. The van der Waals surface area contributed by atoms with E-state index in [1.165, 1.54) is 5.56 Å². The van der Waals surface area contributed by atoms with Crippen LogP contribution in [0.5, 0.6) is 0 Å². The van der Waals surface area contributed by atoms with Crippen LogP contribution in [0.1, 0.15) is 18.4 Å². The highest BCUT2D eigenvalue weighted by molar-refractivity contribution is 5.64. The zero-order valence-electron chi connectivity index (χ0n) is 9.78. The fourth-order valence-corrected chi connectivity index (χ4v) is 2.51. The Labute approximate surface area is 101 Å². The van der Waals surface area contributed by atoms with Gasteiger partial charge in [-0.05, 0) is 31.5 Å². The van der Waals surface area contributed by atoms with Gasteiger partial charge in [-0.3, -0.25) is 0 Å². The minimum Gasteiger partial charge on any atom is -0.465 e. The van der Waals surface area contributed by atoms with Gasteiger partial charge in [0.1, 0.15) is 0 Å². The zero-order chi connectivity index (χ0) is 12.1. The minimum absolute atomic E-state index is 0.0507. The standard InChI is InChI=1S/C13H18N2O2/c16-12(17)15-10-13(6-8-14-9-7-13)11-4-2-1-3-5-11/h1-5,14-15H,6-10H2,(H,16,17). The number of benzene rings is 1. The van der Waals surface area contributed by atoms with Crippen LogP contribution in [0, 0.1) is 0 Å². The Balaban J connectivity index is 2.20. The molecule has 17 heavy (non-hydrogen) atoms. The Bertz CT molecular complexity index is 372. The summed E-state index contributed by atoms with van der Waals surface area (Å²) in [7, 11) is 0. The smallest absolute Gasteiger partial charge is 0.404 e. The lowest BCUT2D eigenvalue weighted by molar-refractivity contribution is 0.187. The van der Waals surface area contributed by atoms with E-state index in [0.29, 0.717) is 6.54 Å². The summed E-state index contributed by atoms with van der Waals surface area (Å²) in [5.74, 6) is 0. The van der Waals surface area contributed by atoms with Crippen LogP contribution in [-0.2, 0) is 5.41 Å². The average Bonchev–Trinajstić information content (AvgIpc) is 2.39. The van der Waals surface area contributed by atoms with Gasteiger partial charge in [0.2, 0.25) is 0 Å². The van der Waals surface area contributed by atoms with Crippen molar-refractivity contribution in [3.8, 4) is 0 Å². The minimum atomic E-state index is -0.946. The topological polar surface area (TPSA) is 61.4 Å². The SMILES string of the molecule is O=C(O)NCC1(c2ccccc2)CCNCC1. The van der Waals surface area contributed by atoms with E-state index in [2.05, 4.69) is 22.8 Å². The first-order chi connectivity index (χ1) is 8.23. The summed E-state index contributed by atoms with van der Waals surface area (Å²) in [5.41, 5.74) is 1.18. The molecular weight excluding hydrogens is 216 g/mol. The number of piperidine rings is 1. The maximum Gasteiger partial charge on any atom is 0.404 e. The van der Waals surface area contributed by atoms with Crippen molar-refractivity contribution in [1.29, 1.82) is 0 Å². The van der Waals surface area contributed by atoms with Crippen LogP contribution in [-0.4, -0.2) is 30.8 Å². The molecule has 3 N–H and O–H groups in total. The van der Waals surface area contributed by atoms with Crippen LogP contribution in [0.2, 0.25) is 0 Å².